The number of nitrogens with zero attached hydrogens (tertiary/aromatic N) is 3. The fourth-order valence-electron chi connectivity index (χ4n) is 0.313. The van der Waals surface area contributed by atoms with E-state index in [0.717, 1.165) is 3.53 Å². The molecule has 0 amide bonds. The summed E-state index contributed by atoms with van der Waals surface area (Å²) in [7, 11) is 1.86. The van der Waals surface area contributed by atoms with Gasteiger partial charge in [0.15, 0.2) is 0 Å². The Bertz CT molecular complexity index is 142. The van der Waals surface area contributed by atoms with E-state index in [4.69, 9.17) is 0 Å². The van der Waals surface area contributed by atoms with Gasteiger partial charge in [-0.3, -0.25) is 0 Å². The first-order chi connectivity index (χ1) is 3.29. The normalized spacial score (nSPS) is 9.43. The van der Waals surface area contributed by atoms with Crippen LogP contribution >= 0.6 is 0 Å². The molecule has 0 N–H and O–H groups in total. The van der Waals surface area contributed by atoms with Crippen LogP contribution in [-0.2, 0) is 7.05 Å². The number of aromatic nitrogens is 3. The van der Waals surface area contributed by atoms with E-state index in [1.165, 1.54) is 24.7 Å². The zero-order valence-electron chi connectivity index (χ0n) is 3.80. The van der Waals surface area contributed by atoms with Crippen LogP contribution in [-0.4, -0.2) is 14.8 Å². The van der Waals surface area contributed by atoms with Crippen LogP contribution in [0.2, 0.25) is 0 Å². The Balaban J connectivity index is 3.04. The molecular weight excluding hydrogens is 288 g/mol. The molecule has 0 radical (unpaired) electrons. The van der Waals surface area contributed by atoms with Gasteiger partial charge < -0.3 is 0 Å². The predicted molar refractivity (Wildman–Crippen MR) is 20.6 cm³/mol. The number of hydrogen-bond acceptors (Lipinski definition) is 2. The van der Waals surface area contributed by atoms with E-state index in [1.54, 1.807) is 11.0 Å². The summed E-state index contributed by atoms with van der Waals surface area (Å²) in [5, 5.41) is 3.94. The van der Waals surface area contributed by atoms with Gasteiger partial charge in [0.25, 0.3) is 0 Å². The second kappa shape index (κ2) is 1.87. The number of hydrogen-bond donors (Lipinski definition) is 0. The SMILES string of the molecule is Cn1cnc([At])n1. The molecule has 3 nitrogen and oxygen atoms in total. The molecule has 0 bridgehead atoms. The van der Waals surface area contributed by atoms with Crippen LogP contribution in [0.3, 0.4) is 0 Å². The summed E-state index contributed by atoms with van der Waals surface area (Å²) in [5.74, 6) is 0. The molecular formula is C3H4AtN3. The molecule has 38 valence electrons. The van der Waals surface area contributed by atoms with Crippen LogP contribution < -0.4 is 3.53 Å². The standard InChI is InChI=1S/C3H4AtN3/c1-7-2-5-3(4)6-7/h2H,1H3. The van der Waals surface area contributed by atoms with Crippen molar-refractivity contribution in [3.05, 3.63) is 6.33 Å². The Morgan fingerprint density at radius 3 is 2.71 bits per heavy atom. The second-order valence-corrected chi connectivity index (χ2v) is 2.50. The minimum atomic E-state index is 0.877. The van der Waals surface area contributed by atoms with E-state index in [1.807, 2.05) is 7.05 Å². The fourth-order valence-corrected chi connectivity index (χ4v) is 0.946. The van der Waals surface area contributed by atoms with Gasteiger partial charge in [-0.05, 0) is 0 Å². The molecule has 4 heteroatoms. The molecule has 0 atom stereocenters. The summed E-state index contributed by atoms with van der Waals surface area (Å²) in [6.07, 6.45) is 1.69. The van der Waals surface area contributed by atoms with Crippen molar-refractivity contribution in [3.8, 4) is 0 Å². The average molecular weight is 292 g/mol. The third kappa shape index (κ3) is 1.20. The minimum absolute atomic E-state index is 0.877. The first-order valence-electron chi connectivity index (χ1n) is 1.80. The van der Waals surface area contributed by atoms with E-state index in [0.29, 0.717) is 0 Å². The van der Waals surface area contributed by atoms with Gasteiger partial charge in [-0.15, -0.1) is 0 Å². The van der Waals surface area contributed by atoms with E-state index in [-0.39, 0.29) is 0 Å². The quantitative estimate of drug-likeness (QED) is 0.613. The monoisotopic (exact) mass is 292 g/mol. The second-order valence-electron chi connectivity index (χ2n) is 1.19. The molecule has 1 aromatic heterocycles. The van der Waals surface area contributed by atoms with Crippen LogP contribution in [0.4, 0.5) is 0 Å². The van der Waals surface area contributed by atoms with Gasteiger partial charge in [0, 0.05) is 0 Å². The summed E-state index contributed by atoms with van der Waals surface area (Å²) in [4.78, 5) is 3.89. The van der Waals surface area contributed by atoms with Crippen molar-refractivity contribution in [2.24, 2.45) is 7.05 Å². The van der Waals surface area contributed by atoms with Gasteiger partial charge in [0.2, 0.25) is 0 Å². The Labute approximate surface area is 56.6 Å². The topological polar surface area (TPSA) is 30.7 Å². The van der Waals surface area contributed by atoms with E-state index in [2.05, 4.69) is 10.1 Å². The molecule has 0 aliphatic heterocycles. The molecule has 0 aliphatic carbocycles. The Kier molecular flexibility index (Phi) is 1.38. The Morgan fingerprint density at radius 2 is 2.57 bits per heavy atom. The van der Waals surface area contributed by atoms with Crippen LogP contribution in [0.25, 0.3) is 0 Å². The van der Waals surface area contributed by atoms with Crippen molar-refractivity contribution < 1.29 is 24.7 Å². The van der Waals surface area contributed by atoms with Gasteiger partial charge in [-0.2, -0.15) is 0 Å². The van der Waals surface area contributed by atoms with Crippen LogP contribution in [0.15, 0.2) is 6.33 Å². The molecule has 0 aliphatic rings. The van der Waals surface area contributed by atoms with Gasteiger partial charge >= 0.3 is 56.4 Å². The van der Waals surface area contributed by atoms with Crippen molar-refractivity contribution in [3.63, 3.8) is 0 Å². The molecule has 0 fully saturated rings. The van der Waals surface area contributed by atoms with Crippen molar-refractivity contribution >= 4 is 3.53 Å². The number of rotatable bonds is 0. The first-order valence-corrected chi connectivity index (χ1v) is 3.27. The zero-order valence-corrected chi connectivity index (χ0v) is 6.74. The van der Waals surface area contributed by atoms with Gasteiger partial charge in [-0.1, -0.05) is 0 Å². The van der Waals surface area contributed by atoms with Crippen molar-refractivity contribution in [2.75, 3.05) is 0 Å². The zero-order chi connectivity index (χ0) is 5.28. The van der Waals surface area contributed by atoms with Crippen molar-refractivity contribution in [1.82, 2.24) is 14.8 Å². The third-order valence-electron chi connectivity index (χ3n) is 0.572. The molecule has 0 saturated heterocycles. The maximum absolute atomic E-state index is 3.94. The van der Waals surface area contributed by atoms with Crippen LogP contribution in [0.1, 0.15) is 0 Å². The molecule has 1 heterocycles. The van der Waals surface area contributed by atoms with E-state index < -0.39 is 0 Å². The Hall–Kier alpha value is 0.0231. The van der Waals surface area contributed by atoms with Crippen LogP contribution in [0, 0.1) is 24.7 Å². The molecule has 1 aromatic rings. The van der Waals surface area contributed by atoms with Crippen LogP contribution in [0.5, 0.6) is 0 Å². The first kappa shape index (κ1) is 5.17. The summed E-state index contributed by atoms with van der Waals surface area (Å²) < 4.78 is 2.57. The molecule has 0 aromatic carbocycles. The number of aryl methyl sites for hydroxylation is 1. The molecule has 1 rings (SSSR count). The summed E-state index contributed by atoms with van der Waals surface area (Å²) in [6.45, 7) is 0. The summed E-state index contributed by atoms with van der Waals surface area (Å²) in [6, 6.07) is 0. The molecule has 7 heavy (non-hydrogen) atoms. The van der Waals surface area contributed by atoms with Gasteiger partial charge in [0.1, 0.15) is 0 Å². The van der Waals surface area contributed by atoms with Crippen molar-refractivity contribution in [1.29, 1.82) is 0 Å². The maximum atomic E-state index is 3.94. The molecule has 0 unspecified atom stereocenters. The molecule has 0 spiro atoms. The predicted octanol–water partition coefficient (Wildman–Crippen LogP) is -1.01. The Morgan fingerprint density at radius 1 is 1.86 bits per heavy atom. The summed E-state index contributed by atoms with van der Waals surface area (Å²) in [5.41, 5.74) is 0. The van der Waals surface area contributed by atoms with E-state index in [9.17, 15) is 0 Å². The van der Waals surface area contributed by atoms with Gasteiger partial charge in [0.05, 0.1) is 0 Å². The average Bonchev–Trinajstić information content (AvgIpc) is 1.87. The third-order valence-corrected chi connectivity index (χ3v) is 1.24. The van der Waals surface area contributed by atoms with Crippen molar-refractivity contribution in [2.45, 2.75) is 0 Å². The van der Waals surface area contributed by atoms with Gasteiger partial charge in [-0.25, -0.2) is 0 Å². The summed E-state index contributed by atoms with van der Waals surface area (Å²) >= 11 is 1.50. The molecule has 0 saturated carbocycles. The fraction of sp³-hybridized carbons (Fsp3) is 0.333. The van der Waals surface area contributed by atoms with E-state index >= 15 is 0 Å².